The van der Waals surface area contributed by atoms with Crippen molar-refractivity contribution >= 4 is 152 Å². The van der Waals surface area contributed by atoms with Gasteiger partial charge in [-0.25, -0.2) is 0 Å². The lowest BCUT2D eigenvalue weighted by atomic mass is 9.99. The van der Waals surface area contributed by atoms with Crippen LogP contribution in [0, 0.1) is 0 Å². The second-order valence-electron chi connectivity index (χ2n) is 34.9. The fourth-order valence-electron chi connectivity index (χ4n) is 17.1. The number of carboxylic acids is 1. The highest BCUT2D eigenvalue weighted by Gasteiger charge is 2.47. The quantitative estimate of drug-likeness (QED) is 0.0227. The zero-order chi connectivity index (χ0) is 101. The van der Waals surface area contributed by atoms with E-state index in [4.69, 9.17) is 28.7 Å². The number of aliphatic carboxylic acids is 1. The first-order valence-corrected chi connectivity index (χ1v) is 47.1. The van der Waals surface area contributed by atoms with Crippen molar-refractivity contribution in [1.82, 2.24) is 87.2 Å². The van der Waals surface area contributed by atoms with Crippen LogP contribution in [0.2, 0.25) is 0 Å². The van der Waals surface area contributed by atoms with Crippen molar-refractivity contribution in [3.05, 3.63) is 114 Å². The number of para-hydroxylation sites is 2. The number of primary amides is 3. The van der Waals surface area contributed by atoms with E-state index in [1.807, 2.05) is 13.8 Å². The second-order valence-corrected chi connectivity index (χ2v) is 36.0. The first kappa shape index (κ1) is 108. The van der Waals surface area contributed by atoms with Gasteiger partial charge in [-0.05, 0) is 118 Å². The summed E-state index contributed by atoms with van der Waals surface area (Å²) in [6, 6.07) is -3.30. The minimum absolute atomic E-state index is 0.0367. The van der Waals surface area contributed by atoms with Gasteiger partial charge in [-0.15, -0.1) is 11.8 Å². The van der Waals surface area contributed by atoms with Crippen LogP contribution in [0.3, 0.4) is 0 Å². The molecule has 3 fully saturated rings. The number of aromatic hydroxyl groups is 1. The van der Waals surface area contributed by atoms with Crippen LogP contribution in [-0.4, -0.2) is 324 Å². The highest BCUT2D eigenvalue weighted by atomic mass is 32.2. The van der Waals surface area contributed by atoms with Crippen molar-refractivity contribution < 1.29 is 106 Å². The van der Waals surface area contributed by atoms with Gasteiger partial charge in [0, 0.05) is 125 Å². The summed E-state index contributed by atoms with van der Waals surface area (Å²) in [5.74, 6) is -20.0. The number of phenolic OH excluding ortho intramolecular Hbond substituents is 1. The molecule has 2 aromatic heterocycles. The minimum atomic E-state index is -1.81. The van der Waals surface area contributed by atoms with Crippen molar-refractivity contribution in [2.24, 2.45) is 33.7 Å². The molecular formula is C92H127N23O22S. The highest BCUT2D eigenvalue weighted by Crippen LogP contribution is 2.29. The fourth-order valence-corrected chi connectivity index (χ4v) is 18.0. The van der Waals surface area contributed by atoms with E-state index in [2.05, 4.69) is 63.1 Å². The molecule has 0 aliphatic carbocycles. The number of carboxylic acid groups (broad SMARTS) is 1. The largest absolute Gasteiger partial charge is 0.508 e. The summed E-state index contributed by atoms with van der Waals surface area (Å²) in [6.07, 6.45) is 1.93. The van der Waals surface area contributed by atoms with Gasteiger partial charge in [0.25, 0.3) is 0 Å². The van der Waals surface area contributed by atoms with Gasteiger partial charge in [-0.3, -0.25) is 96.1 Å². The van der Waals surface area contributed by atoms with Crippen molar-refractivity contribution in [2.75, 3.05) is 65.4 Å². The van der Waals surface area contributed by atoms with Gasteiger partial charge in [0.15, 0.2) is 0 Å². The topological polar surface area (TPSA) is 685 Å². The van der Waals surface area contributed by atoms with E-state index >= 15 is 38.4 Å². The molecule has 138 heavy (non-hydrogen) atoms. The number of thioether (sulfide) groups is 1. The number of carbonyl (C=O) groups is 19. The Bertz CT molecular complexity index is 5360. The van der Waals surface area contributed by atoms with Gasteiger partial charge in [-0.1, -0.05) is 88.1 Å². The van der Waals surface area contributed by atoms with Crippen molar-refractivity contribution in [2.45, 2.75) is 240 Å². The number of aliphatic hydroxyl groups excluding tert-OH is 1. The van der Waals surface area contributed by atoms with Gasteiger partial charge in [0.05, 0.1) is 24.8 Å². The molecule has 9 rings (SSSR count). The Morgan fingerprint density at radius 2 is 1.10 bits per heavy atom. The summed E-state index contributed by atoms with van der Waals surface area (Å²) < 4.78 is 1.42. The Morgan fingerprint density at radius 1 is 0.543 bits per heavy atom. The van der Waals surface area contributed by atoms with E-state index in [0.29, 0.717) is 69.8 Å². The molecule has 0 saturated carbocycles. The number of carbonyl (C=O) groups excluding carboxylic acids is 18. The highest BCUT2D eigenvalue weighted by molar-refractivity contribution is 8.00. The maximum absolute atomic E-state index is 16.0. The normalized spacial score (nSPS) is 24.9. The average molecular weight is 1940 g/mol. The number of aromatic nitrogens is 2. The molecule has 24 N–H and O–H groups in total. The van der Waals surface area contributed by atoms with Crippen LogP contribution in [0.5, 0.6) is 5.75 Å². The maximum atomic E-state index is 16.0. The summed E-state index contributed by atoms with van der Waals surface area (Å²) in [4.78, 5) is 288. The number of hydrogen-bond acceptors (Lipinski definition) is 25. The number of nitrogens with one attached hydrogen (secondary N) is 11. The molecule has 0 spiro atoms. The van der Waals surface area contributed by atoms with Gasteiger partial charge < -0.3 is 131 Å². The Labute approximate surface area is 800 Å². The van der Waals surface area contributed by atoms with E-state index in [1.54, 1.807) is 54.7 Å². The molecule has 0 radical (unpaired) electrons. The smallest absolute Gasteiger partial charge is 0.323 e. The molecule has 5 aromatic rings. The van der Waals surface area contributed by atoms with Gasteiger partial charge in [-0.2, -0.15) is 0 Å². The van der Waals surface area contributed by atoms with Gasteiger partial charge in [0.2, 0.25) is 106 Å². The SMILES string of the molecule is CCCC[C@H]1C(=O)N(C)[C@@H](CCCC)C(=O)N[C@@H](CCN)C(=O)N[C@H](C(=O)NCC(N)=O)CSCC(=O)N[C@@H](Cc2ccc(O)cc2)C(=O)N(C)[C@@H](C)C(=O)N[C@@H](CC(N)=O)C(=O)N2CCC[C@H]2C(=O)N[C@@H](CC2=CN=CC2)C(=O)N[C@@H](CCC(N)=O)C(=O)N2C[C@H](O)C[C@H]2C(=O)N[C@@H](Cc2c[nH]c3ccccc23)C(=O)N[C@@H](CCN)C(=O)N[C@@H](Cc2cn(CC(=O)O)c3ccccc23)C(=O)N1C. The van der Waals surface area contributed by atoms with Crippen molar-refractivity contribution in [1.29, 1.82) is 0 Å². The predicted octanol–water partition coefficient (Wildman–Crippen LogP) is -3.93. The van der Waals surface area contributed by atoms with Crippen LogP contribution in [0.1, 0.15) is 140 Å². The molecular weight excluding hydrogens is 1810 g/mol. The molecule has 0 unspecified atom stereocenters. The number of fused-ring (bicyclic) bond motifs is 4. The predicted molar refractivity (Wildman–Crippen MR) is 505 cm³/mol. The van der Waals surface area contributed by atoms with Crippen LogP contribution in [0.4, 0.5) is 0 Å². The van der Waals surface area contributed by atoms with Crippen molar-refractivity contribution in [3.63, 3.8) is 0 Å². The Kier molecular flexibility index (Phi) is 40.1. The van der Waals surface area contributed by atoms with Crippen LogP contribution in [0.15, 0.2) is 102 Å². The first-order chi connectivity index (χ1) is 65.7. The number of nitrogens with two attached hydrogens (primary N) is 5. The number of nitrogens with zero attached hydrogens (tertiary/aromatic N) is 7. The number of H-pyrrole nitrogens is 1. The lowest BCUT2D eigenvalue weighted by Gasteiger charge is -2.36. The number of aliphatic imine (C=N–C) groups is 1. The van der Waals surface area contributed by atoms with Crippen LogP contribution in [-0.2, 0) is 117 Å². The number of unbranched alkanes of at least 4 members (excludes halogenated alkanes) is 2. The van der Waals surface area contributed by atoms with Gasteiger partial charge >= 0.3 is 5.97 Å². The zero-order valence-electron chi connectivity index (χ0n) is 78.0. The molecule has 6 heterocycles. The monoisotopic (exact) mass is 1940 g/mol. The lowest BCUT2D eigenvalue weighted by Crippen LogP contribution is -2.61. The number of phenols is 1. The third-order valence-corrected chi connectivity index (χ3v) is 25.8. The second kappa shape index (κ2) is 51.3. The molecule has 4 aliphatic rings. The number of likely N-dealkylation sites (N-methyl/N-ethyl adjacent to an activating group) is 3. The molecule has 4 aliphatic heterocycles. The molecule has 3 aromatic carbocycles. The van der Waals surface area contributed by atoms with E-state index in [1.165, 1.54) is 75.5 Å². The zero-order valence-corrected chi connectivity index (χ0v) is 78.8. The standard InChI is InChI=1S/C92H127N23O22S/c1-7-9-19-70-85(130)103-61(30-33-94)82(127)109-68(80(125)100-44-76(97)120)48-138-49-77(121)101-65(36-51-23-25-55(116)26-24-51)88(133)110(4)50(3)79(124)107-67(41-75(96)119)91(136)114-35-15-22-71(114)86(131)105-63(37-52-31-34-98-42-52)83(128)104-62(27-28-74(95)118)90(135)115-46-56(117)40-73(115)87(132)106-64(38-53-43-99-59-18-13-11-16-57(53)59)84(129)102-60(29-32-93)81(126)108-66(89(134)112(6)72(20-10-8-2)92(137)111(70)5)39-54-45-113(47-78(122)123)69-21-14-12-17-58(54)69/h11-14,16-18,21,23-26,34,42-43,45,50,56,60-68,70-73,99,116-117H,7-10,15,19-20,22,27-33,35-41,44,46-49,93-94H2,1-6H3,(H2,95,118)(H2,96,119)(H2,97,120)(H,100,125)(H,101,121)(H,102,129)(H,103,130)(H,104,128)(H,105,131)(H,106,132)(H,107,124)(H,108,126)(H,109,127)(H,122,123)/t50-,56+,60-,61-,62-,63-,64-,65-,66-,67-,68-,70-,71-,72-,73-/m0/s1. The van der Waals surface area contributed by atoms with E-state index < -0.39 is 266 Å². The Balaban J connectivity index is 1.12. The third kappa shape index (κ3) is 29.6. The number of aliphatic hydroxyl groups is 1. The summed E-state index contributed by atoms with van der Waals surface area (Å²) in [5.41, 5.74) is 31.9. The summed E-state index contributed by atoms with van der Waals surface area (Å²) >= 11 is 0.751. The molecule has 3 saturated heterocycles. The average Bonchev–Trinajstić information content (AvgIpc) is 1.65. The maximum Gasteiger partial charge on any atom is 0.323 e. The third-order valence-electron chi connectivity index (χ3n) is 24.7. The molecule has 18 amide bonds. The fraction of sp³-hybridized carbons (Fsp3) is 0.522. The molecule has 0 bridgehead atoms. The minimum Gasteiger partial charge on any atom is -0.508 e. The van der Waals surface area contributed by atoms with Gasteiger partial charge in [0.1, 0.15) is 96.9 Å². The summed E-state index contributed by atoms with van der Waals surface area (Å²) in [6.45, 7) is 2.34. The number of aromatic amines is 1. The van der Waals surface area contributed by atoms with Crippen LogP contribution < -0.4 is 81.8 Å². The number of amides is 18. The first-order valence-electron chi connectivity index (χ1n) is 46.0. The molecule has 748 valence electrons. The van der Waals surface area contributed by atoms with E-state index in [-0.39, 0.29) is 89.6 Å². The number of rotatable bonds is 28. The van der Waals surface area contributed by atoms with Crippen LogP contribution >= 0.6 is 11.8 Å². The molecule has 45 nitrogen and oxygen atoms in total. The Hall–Kier alpha value is -13.9. The molecule has 15 atom stereocenters. The molecule has 46 heteroatoms. The Morgan fingerprint density at radius 3 is 1.73 bits per heavy atom. The van der Waals surface area contributed by atoms with E-state index in [0.717, 1.165) is 36.3 Å². The van der Waals surface area contributed by atoms with E-state index in [9.17, 15) is 68.1 Å². The number of hydrogen-bond donors (Lipinski definition) is 19. The van der Waals surface area contributed by atoms with Crippen molar-refractivity contribution in [3.8, 4) is 5.75 Å². The van der Waals surface area contributed by atoms with Crippen LogP contribution in [0.25, 0.3) is 21.8 Å². The summed E-state index contributed by atoms with van der Waals surface area (Å²) in [7, 11) is 3.83. The lowest BCUT2D eigenvalue weighted by molar-refractivity contribution is -0.149. The summed E-state index contributed by atoms with van der Waals surface area (Å²) in [5, 5.41) is 59.2. The number of benzene rings is 3.